The molecule has 2 saturated heterocycles. The zero-order valence-corrected chi connectivity index (χ0v) is 16.9. The predicted molar refractivity (Wildman–Crippen MR) is 108 cm³/mol. The molecule has 1 aromatic carbocycles. The largest absolute Gasteiger partial charge is 0.322 e. The molecule has 0 saturated carbocycles. The fraction of sp³-hybridized carbons (Fsp3) is 0.571. The number of benzene rings is 1. The Labute approximate surface area is 171 Å². The lowest BCUT2D eigenvalue weighted by Gasteiger charge is -2.29. The van der Waals surface area contributed by atoms with Crippen LogP contribution in [0, 0.1) is 0 Å². The molecule has 3 amide bonds. The molecule has 0 aromatic heterocycles. The number of carbonyl (C=O) groups excluding carboxylic acids is 3. The van der Waals surface area contributed by atoms with Crippen molar-refractivity contribution in [1.82, 2.24) is 25.3 Å². The molecule has 3 heterocycles. The summed E-state index contributed by atoms with van der Waals surface area (Å²) in [5.41, 5.74) is 2.70. The molecule has 8 heteroatoms. The summed E-state index contributed by atoms with van der Waals surface area (Å²) in [4.78, 5) is 43.2. The van der Waals surface area contributed by atoms with Crippen LogP contribution in [0.2, 0.25) is 0 Å². The Balaban J connectivity index is 1.41. The third-order valence-electron chi connectivity index (χ3n) is 6.09. The highest BCUT2D eigenvalue weighted by molar-refractivity contribution is 6.05. The van der Waals surface area contributed by atoms with Gasteiger partial charge in [0.05, 0.1) is 0 Å². The van der Waals surface area contributed by atoms with Gasteiger partial charge in [-0.1, -0.05) is 18.2 Å². The molecule has 3 aliphatic heterocycles. The Hall–Kier alpha value is -2.29. The van der Waals surface area contributed by atoms with Crippen molar-refractivity contribution < 1.29 is 14.4 Å². The average Bonchev–Trinajstić information content (AvgIpc) is 3.05. The highest BCUT2D eigenvalue weighted by Gasteiger charge is 2.39. The standard InChI is InChI=1S/C21H29N5O3/c1-24(11-12-25-9-7-22-8-10-25)13-15-3-2-4-16-14-26(21(29)19(15)16)17-5-6-18(27)23-20(17)28/h2-4,17,22H,5-14H2,1H3,(H,23,27,28). The molecule has 2 N–H and O–H groups in total. The van der Waals surface area contributed by atoms with Gasteiger partial charge in [-0.05, 0) is 24.6 Å². The highest BCUT2D eigenvalue weighted by Crippen LogP contribution is 2.30. The van der Waals surface area contributed by atoms with Crippen LogP contribution in [-0.2, 0) is 22.7 Å². The molecule has 0 radical (unpaired) electrons. The maximum atomic E-state index is 13.2. The number of rotatable bonds is 6. The van der Waals surface area contributed by atoms with Crippen molar-refractivity contribution in [3.8, 4) is 0 Å². The van der Waals surface area contributed by atoms with Crippen molar-refractivity contribution in [3.63, 3.8) is 0 Å². The van der Waals surface area contributed by atoms with E-state index in [4.69, 9.17) is 0 Å². The number of hydrogen-bond donors (Lipinski definition) is 2. The van der Waals surface area contributed by atoms with E-state index >= 15 is 0 Å². The van der Waals surface area contributed by atoms with Gasteiger partial charge in [-0.15, -0.1) is 0 Å². The maximum absolute atomic E-state index is 13.2. The Morgan fingerprint density at radius 1 is 1.17 bits per heavy atom. The average molecular weight is 399 g/mol. The number of amides is 3. The van der Waals surface area contributed by atoms with E-state index in [1.807, 2.05) is 18.2 Å². The van der Waals surface area contributed by atoms with Gasteiger partial charge in [-0.3, -0.25) is 24.6 Å². The van der Waals surface area contributed by atoms with E-state index in [2.05, 4.69) is 27.5 Å². The van der Waals surface area contributed by atoms with Crippen LogP contribution in [0.5, 0.6) is 0 Å². The van der Waals surface area contributed by atoms with Crippen LogP contribution in [0.1, 0.15) is 34.3 Å². The van der Waals surface area contributed by atoms with Gasteiger partial charge in [0.2, 0.25) is 11.8 Å². The highest BCUT2D eigenvalue weighted by atomic mass is 16.2. The smallest absolute Gasteiger partial charge is 0.255 e. The Morgan fingerprint density at radius 2 is 1.97 bits per heavy atom. The van der Waals surface area contributed by atoms with Gasteiger partial charge >= 0.3 is 0 Å². The first-order valence-electron chi connectivity index (χ1n) is 10.4. The number of hydrogen-bond acceptors (Lipinski definition) is 6. The number of nitrogens with zero attached hydrogens (tertiary/aromatic N) is 3. The molecular formula is C21H29N5O3. The first-order valence-corrected chi connectivity index (χ1v) is 10.4. The van der Waals surface area contributed by atoms with Gasteiger partial charge < -0.3 is 15.1 Å². The van der Waals surface area contributed by atoms with Crippen LogP contribution < -0.4 is 10.6 Å². The zero-order chi connectivity index (χ0) is 20.4. The molecule has 4 rings (SSSR count). The van der Waals surface area contributed by atoms with E-state index in [1.165, 1.54) is 0 Å². The Morgan fingerprint density at radius 3 is 2.72 bits per heavy atom. The van der Waals surface area contributed by atoms with E-state index < -0.39 is 6.04 Å². The van der Waals surface area contributed by atoms with Gasteiger partial charge in [-0.2, -0.15) is 0 Å². The molecule has 0 spiro atoms. The van der Waals surface area contributed by atoms with Crippen LogP contribution in [0.3, 0.4) is 0 Å². The topological polar surface area (TPSA) is 85.0 Å². The molecule has 1 aromatic rings. The van der Waals surface area contributed by atoms with Gasteiger partial charge in [0.1, 0.15) is 6.04 Å². The van der Waals surface area contributed by atoms with E-state index in [0.29, 0.717) is 19.5 Å². The van der Waals surface area contributed by atoms with Crippen molar-refractivity contribution >= 4 is 17.7 Å². The van der Waals surface area contributed by atoms with E-state index in [0.717, 1.165) is 56.0 Å². The molecule has 3 aliphatic rings. The monoisotopic (exact) mass is 399 g/mol. The van der Waals surface area contributed by atoms with Gasteiger partial charge in [0.15, 0.2) is 0 Å². The molecule has 0 bridgehead atoms. The van der Waals surface area contributed by atoms with E-state index in [-0.39, 0.29) is 24.1 Å². The normalized spacial score (nSPS) is 22.9. The van der Waals surface area contributed by atoms with Gasteiger partial charge in [0, 0.05) is 64.3 Å². The van der Waals surface area contributed by atoms with Crippen LogP contribution in [0.25, 0.3) is 0 Å². The van der Waals surface area contributed by atoms with Crippen molar-refractivity contribution in [2.24, 2.45) is 0 Å². The molecule has 1 unspecified atom stereocenters. The SMILES string of the molecule is CN(CCN1CCNCC1)Cc1cccc2c1C(=O)N(C1CCC(=O)NC1=O)C2. The quantitative estimate of drug-likeness (QED) is 0.644. The van der Waals surface area contributed by atoms with Crippen LogP contribution >= 0.6 is 0 Å². The second-order valence-corrected chi connectivity index (χ2v) is 8.18. The molecule has 1 atom stereocenters. The van der Waals surface area contributed by atoms with E-state index in [1.54, 1.807) is 4.90 Å². The number of likely N-dealkylation sites (N-methyl/N-ethyl adjacent to an activating group) is 1. The van der Waals surface area contributed by atoms with Gasteiger partial charge in [0.25, 0.3) is 5.91 Å². The molecular weight excluding hydrogens is 370 g/mol. The predicted octanol–water partition coefficient (Wildman–Crippen LogP) is -0.215. The summed E-state index contributed by atoms with van der Waals surface area (Å²) >= 11 is 0. The lowest BCUT2D eigenvalue weighted by molar-refractivity contribution is -0.136. The van der Waals surface area contributed by atoms with Crippen molar-refractivity contribution in [2.45, 2.75) is 32.0 Å². The first-order chi connectivity index (χ1) is 14.0. The molecule has 0 aliphatic carbocycles. The molecule has 29 heavy (non-hydrogen) atoms. The number of nitrogens with one attached hydrogen (secondary N) is 2. The van der Waals surface area contributed by atoms with Gasteiger partial charge in [-0.25, -0.2) is 0 Å². The summed E-state index contributed by atoms with van der Waals surface area (Å²) in [5, 5.41) is 5.73. The summed E-state index contributed by atoms with van der Waals surface area (Å²) in [5.74, 6) is -0.722. The second-order valence-electron chi connectivity index (χ2n) is 8.18. The fourth-order valence-electron chi connectivity index (χ4n) is 4.44. The van der Waals surface area contributed by atoms with Crippen molar-refractivity contribution in [3.05, 3.63) is 34.9 Å². The number of piperazine rings is 1. The number of imide groups is 1. The molecule has 156 valence electrons. The maximum Gasteiger partial charge on any atom is 0.255 e. The third-order valence-corrected chi connectivity index (χ3v) is 6.09. The fourth-order valence-corrected chi connectivity index (χ4v) is 4.44. The van der Waals surface area contributed by atoms with Crippen molar-refractivity contribution in [1.29, 1.82) is 0 Å². The minimum Gasteiger partial charge on any atom is -0.322 e. The third kappa shape index (κ3) is 4.34. The molecule has 2 fully saturated rings. The van der Waals surface area contributed by atoms with Crippen LogP contribution in [0.4, 0.5) is 0 Å². The first kappa shape index (κ1) is 20.0. The van der Waals surface area contributed by atoms with E-state index in [9.17, 15) is 14.4 Å². The Kier molecular flexibility index (Phi) is 5.94. The molecule has 8 nitrogen and oxygen atoms in total. The Bertz CT molecular complexity index is 806. The van der Waals surface area contributed by atoms with Crippen LogP contribution in [-0.4, -0.2) is 84.8 Å². The lowest BCUT2D eigenvalue weighted by Crippen LogP contribution is -2.52. The number of piperidine rings is 1. The van der Waals surface area contributed by atoms with Crippen molar-refractivity contribution in [2.75, 3.05) is 46.3 Å². The second kappa shape index (κ2) is 8.61. The summed E-state index contributed by atoms with van der Waals surface area (Å²) in [6.07, 6.45) is 0.669. The minimum atomic E-state index is -0.564. The lowest BCUT2D eigenvalue weighted by atomic mass is 10.0. The van der Waals surface area contributed by atoms with Crippen LogP contribution in [0.15, 0.2) is 18.2 Å². The minimum absolute atomic E-state index is 0.0967. The zero-order valence-electron chi connectivity index (χ0n) is 16.9. The number of fused-ring (bicyclic) bond motifs is 1. The summed E-state index contributed by atoms with van der Waals surface area (Å²) in [6, 6.07) is 5.39. The summed E-state index contributed by atoms with van der Waals surface area (Å²) in [7, 11) is 2.08. The summed E-state index contributed by atoms with van der Waals surface area (Å²) in [6.45, 7) is 7.32. The summed E-state index contributed by atoms with van der Waals surface area (Å²) < 4.78 is 0. The number of carbonyl (C=O) groups is 3.